The summed E-state index contributed by atoms with van der Waals surface area (Å²) in [5.41, 5.74) is 1.62. The SMILES string of the molecule is CCN1CCC[C@@H]1CN=CC1C(=O)N(c2ccccc2Cl)C(=O)c2ccccc21. The van der Waals surface area contributed by atoms with E-state index in [4.69, 9.17) is 11.6 Å². The average molecular weight is 410 g/mol. The quantitative estimate of drug-likeness (QED) is 0.550. The summed E-state index contributed by atoms with van der Waals surface area (Å²) in [6.45, 7) is 4.95. The number of para-hydroxylation sites is 1. The van der Waals surface area contributed by atoms with E-state index in [-0.39, 0.29) is 11.8 Å². The van der Waals surface area contributed by atoms with Gasteiger partial charge in [0.15, 0.2) is 0 Å². The largest absolute Gasteiger partial charge is 0.299 e. The highest BCUT2D eigenvalue weighted by Gasteiger charge is 2.39. The number of imide groups is 1. The van der Waals surface area contributed by atoms with Crippen molar-refractivity contribution >= 4 is 35.3 Å². The normalized spacial score (nSPS) is 22.5. The minimum atomic E-state index is -0.600. The molecule has 2 atom stereocenters. The van der Waals surface area contributed by atoms with Crippen molar-refractivity contribution in [3.05, 3.63) is 64.7 Å². The third-order valence-corrected chi connectivity index (χ3v) is 6.10. The molecule has 2 amide bonds. The first-order chi connectivity index (χ1) is 14.1. The summed E-state index contributed by atoms with van der Waals surface area (Å²) in [5, 5.41) is 0.369. The minimum Gasteiger partial charge on any atom is -0.299 e. The molecule has 6 heteroatoms. The molecular weight excluding hydrogens is 386 g/mol. The number of halogens is 1. The van der Waals surface area contributed by atoms with Gasteiger partial charge in [0.25, 0.3) is 5.91 Å². The van der Waals surface area contributed by atoms with Crippen LogP contribution in [0.3, 0.4) is 0 Å². The van der Waals surface area contributed by atoms with E-state index in [1.54, 1.807) is 36.5 Å². The van der Waals surface area contributed by atoms with Crippen LogP contribution in [0.25, 0.3) is 0 Å². The van der Waals surface area contributed by atoms with Gasteiger partial charge in [0, 0.05) is 17.8 Å². The zero-order valence-electron chi connectivity index (χ0n) is 16.4. The summed E-state index contributed by atoms with van der Waals surface area (Å²) in [4.78, 5) is 34.7. The van der Waals surface area contributed by atoms with Crippen molar-refractivity contribution in [2.24, 2.45) is 4.99 Å². The van der Waals surface area contributed by atoms with Crippen LogP contribution in [0.2, 0.25) is 5.02 Å². The van der Waals surface area contributed by atoms with Crippen LogP contribution in [0.5, 0.6) is 0 Å². The lowest BCUT2D eigenvalue weighted by molar-refractivity contribution is -0.118. The molecule has 2 aromatic rings. The van der Waals surface area contributed by atoms with Crippen LogP contribution in [0.1, 0.15) is 41.6 Å². The van der Waals surface area contributed by atoms with Gasteiger partial charge in [-0.1, -0.05) is 48.9 Å². The Morgan fingerprint density at radius 1 is 1.14 bits per heavy atom. The first kappa shape index (κ1) is 19.8. The Morgan fingerprint density at radius 2 is 1.90 bits per heavy atom. The Kier molecular flexibility index (Phi) is 5.79. The number of fused-ring (bicyclic) bond motifs is 1. The van der Waals surface area contributed by atoms with Gasteiger partial charge in [-0.25, -0.2) is 4.90 Å². The molecule has 5 nitrogen and oxygen atoms in total. The number of anilines is 1. The summed E-state index contributed by atoms with van der Waals surface area (Å²) < 4.78 is 0. The van der Waals surface area contributed by atoms with Crippen LogP contribution < -0.4 is 4.90 Å². The van der Waals surface area contributed by atoms with E-state index in [0.29, 0.717) is 34.4 Å². The Labute approximate surface area is 176 Å². The Bertz CT molecular complexity index is 959. The maximum atomic E-state index is 13.3. The second kappa shape index (κ2) is 8.47. The van der Waals surface area contributed by atoms with Crippen LogP contribution in [0.15, 0.2) is 53.5 Å². The van der Waals surface area contributed by atoms with E-state index in [1.807, 2.05) is 18.2 Å². The molecule has 0 aromatic heterocycles. The summed E-state index contributed by atoms with van der Waals surface area (Å²) in [7, 11) is 0. The first-order valence-electron chi connectivity index (χ1n) is 10.1. The van der Waals surface area contributed by atoms with Crippen molar-refractivity contribution in [3.63, 3.8) is 0 Å². The van der Waals surface area contributed by atoms with E-state index in [0.717, 1.165) is 19.5 Å². The first-order valence-corrected chi connectivity index (χ1v) is 10.5. The molecule has 0 aliphatic carbocycles. The molecular formula is C23H24ClN3O2. The molecule has 0 N–H and O–H groups in total. The fraction of sp³-hybridized carbons (Fsp3) is 0.348. The maximum Gasteiger partial charge on any atom is 0.265 e. The predicted octanol–water partition coefficient (Wildman–Crippen LogP) is 4.17. The van der Waals surface area contributed by atoms with Crippen LogP contribution >= 0.6 is 11.6 Å². The number of benzene rings is 2. The number of likely N-dealkylation sites (tertiary alicyclic amines) is 1. The second-order valence-corrected chi connectivity index (χ2v) is 7.84. The van der Waals surface area contributed by atoms with Crippen LogP contribution in [-0.2, 0) is 4.79 Å². The van der Waals surface area contributed by atoms with Gasteiger partial charge in [0.05, 0.1) is 23.2 Å². The highest BCUT2D eigenvalue weighted by atomic mass is 35.5. The lowest BCUT2D eigenvalue weighted by Gasteiger charge is -2.31. The van der Waals surface area contributed by atoms with E-state index >= 15 is 0 Å². The molecule has 4 rings (SSSR count). The highest BCUT2D eigenvalue weighted by Crippen LogP contribution is 2.35. The van der Waals surface area contributed by atoms with Gasteiger partial charge in [-0.15, -0.1) is 0 Å². The Hall–Kier alpha value is -2.50. The monoisotopic (exact) mass is 409 g/mol. The van der Waals surface area contributed by atoms with Crippen molar-refractivity contribution < 1.29 is 9.59 Å². The lowest BCUT2D eigenvalue weighted by atomic mass is 9.89. The number of amides is 2. The third-order valence-electron chi connectivity index (χ3n) is 5.79. The number of hydrogen-bond donors (Lipinski definition) is 0. The molecule has 0 saturated carbocycles. The molecule has 150 valence electrons. The van der Waals surface area contributed by atoms with Crippen LogP contribution in [0, 0.1) is 0 Å². The van der Waals surface area contributed by atoms with E-state index in [1.165, 1.54) is 11.3 Å². The molecule has 1 fully saturated rings. The molecule has 2 aromatic carbocycles. The van der Waals surface area contributed by atoms with Gasteiger partial charge >= 0.3 is 0 Å². The Balaban J connectivity index is 1.66. The highest BCUT2D eigenvalue weighted by molar-refractivity contribution is 6.37. The third kappa shape index (κ3) is 3.72. The topological polar surface area (TPSA) is 53.0 Å². The van der Waals surface area contributed by atoms with Crippen molar-refractivity contribution in [1.82, 2.24) is 4.90 Å². The lowest BCUT2D eigenvalue weighted by Crippen LogP contribution is -2.45. The van der Waals surface area contributed by atoms with Gasteiger partial charge in [0.2, 0.25) is 5.91 Å². The number of carbonyl (C=O) groups is 2. The fourth-order valence-electron chi connectivity index (χ4n) is 4.27. The van der Waals surface area contributed by atoms with Crippen molar-refractivity contribution in [1.29, 1.82) is 0 Å². The number of nitrogens with zero attached hydrogens (tertiary/aromatic N) is 3. The van der Waals surface area contributed by atoms with Gasteiger partial charge in [-0.3, -0.25) is 19.5 Å². The van der Waals surface area contributed by atoms with Crippen LogP contribution in [-0.4, -0.2) is 48.6 Å². The van der Waals surface area contributed by atoms with E-state index in [2.05, 4.69) is 16.8 Å². The predicted molar refractivity (Wildman–Crippen MR) is 116 cm³/mol. The molecule has 0 radical (unpaired) electrons. The van der Waals surface area contributed by atoms with Gasteiger partial charge < -0.3 is 0 Å². The van der Waals surface area contributed by atoms with E-state index in [9.17, 15) is 9.59 Å². The summed E-state index contributed by atoms with van der Waals surface area (Å²) in [5.74, 6) is -1.27. The fourth-order valence-corrected chi connectivity index (χ4v) is 4.49. The standard InChI is InChI=1S/C23H24ClN3O2/c1-2-26-13-7-8-16(26)14-25-15-19-17-9-3-4-10-18(17)22(28)27(23(19)29)21-12-6-5-11-20(21)24/h3-6,9-12,15-16,19H,2,7-8,13-14H2,1H3/t16-,19?/m1/s1. The number of aliphatic imine (C=N–C) groups is 1. The molecule has 1 unspecified atom stereocenters. The summed E-state index contributed by atoms with van der Waals surface area (Å²) >= 11 is 6.30. The van der Waals surface area contributed by atoms with Gasteiger partial charge in [0.1, 0.15) is 0 Å². The molecule has 2 aliphatic heterocycles. The van der Waals surface area contributed by atoms with Gasteiger partial charge in [-0.05, 0) is 49.7 Å². The van der Waals surface area contributed by atoms with Gasteiger partial charge in [-0.2, -0.15) is 0 Å². The molecule has 0 bridgehead atoms. The zero-order valence-corrected chi connectivity index (χ0v) is 17.2. The molecule has 2 heterocycles. The molecule has 29 heavy (non-hydrogen) atoms. The second-order valence-electron chi connectivity index (χ2n) is 7.43. The van der Waals surface area contributed by atoms with E-state index < -0.39 is 5.92 Å². The number of hydrogen-bond acceptors (Lipinski definition) is 4. The van der Waals surface area contributed by atoms with Crippen LogP contribution in [0.4, 0.5) is 5.69 Å². The number of carbonyl (C=O) groups excluding carboxylic acids is 2. The summed E-state index contributed by atoms with van der Waals surface area (Å²) in [6.07, 6.45) is 4.03. The van der Waals surface area contributed by atoms with Crippen molar-refractivity contribution in [2.45, 2.75) is 31.7 Å². The average Bonchev–Trinajstić information content (AvgIpc) is 3.19. The number of rotatable bonds is 5. The smallest absolute Gasteiger partial charge is 0.265 e. The maximum absolute atomic E-state index is 13.3. The minimum absolute atomic E-state index is 0.315. The zero-order chi connectivity index (χ0) is 20.4. The number of likely N-dealkylation sites (N-methyl/N-ethyl adjacent to an activating group) is 1. The van der Waals surface area contributed by atoms with Crippen molar-refractivity contribution in [2.75, 3.05) is 24.5 Å². The Morgan fingerprint density at radius 3 is 2.69 bits per heavy atom. The van der Waals surface area contributed by atoms with Crippen molar-refractivity contribution in [3.8, 4) is 0 Å². The molecule has 1 saturated heterocycles. The molecule has 2 aliphatic rings. The molecule has 0 spiro atoms. The summed E-state index contributed by atoms with van der Waals surface area (Å²) in [6, 6.07) is 14.6.